The van der Waals surface area contributed by atoms with E-state index in [9.17, 15) is 4.79 Å². The third-order valence-electron chi connectivity index (χ3n) is 4.05. The standard InChI is InChI=1S/C18H22N2O2S.ClH/c1-13-11-15(7-9-19-13)20-18(21)17-14(8-10-22-17)12-23-16-5-3-2-4-6-16;/h2-6,8,10,13,15,19H,7,9,11-12H2,1H3,(H,20,21);1H. The summed E-state index contributed by atoms with van der Waals surface area (Å²) in [4.78, 5) is 13.7. The molecule has 4 nitrogen and oxygen atoms in total. The highest BCUT2D eigenvalue weighted by atomic mass is 35.5. The molecule has 1 saturated heterocycles. The molecule has 1 aliphatic rings. The van der Waals surface area contributed by atoms with E-state index >= 15 is 0 Å². The maximum atomic E-state index is 12.5. The highest BCUT2D eigenvalue weighted by molar-refractivity contribution is 7.98. The number of hydrogen-bond acceptors (Lipinski definition) is 4. The number of carbonyl (C=O) groups excluding carboxylic acids is 1. The number of hydrogen-bond donors (Lipinski definition) is 2. The summed E-state index contributed by atoms with van der Waals surface area (Å²) in [6.45, 7) is 3.09. The molecule has 1 fully saturated rings. The molecular formula is C18H23ClN2O2S. The van der Waals surface area contributed by atoms with E-state index in [1.807, 2.05) is 24.3 Å². The van der Waals surface area contributed by atoms with Gasteiger partial charge in [0.15, 0.2) is 5.76 Å². The molecule has 24 heavy (non-hydrogen) atoms. The Morgan fingerprint density at radius 2 is 2.12 bits per heavy atom. The Labute approximate surface area is 153 Å². The van der Waals surface area contributed by atoms with Crippen molar-refractivity contribution in [1.29, 1.82) is 0 Å². The van der Waals surface area contributed by atoms with Gasteiger partial charge in [-0.1, -0.05) is 18.2 Å². The Bertz CT molecular complexity index is 647. The van der Waals surface area contributed by atoms with Gasteiger partial charge < -0.3 is 15.1 Å². The quantitative estimate of drug-likeness (QED) is 0.789. The smallest absolute Gasteiger partial charge is 0.287 e. The average molecular weight is 367 g/mol. The van der Waals surface area contributed by atoms with Gasteiger partial charge >= 0.3 is 0 Å². The summed E-state index contributed by atoms with van der Waals surface area (Å²) in [6, 6.07) is 12.7. The molecule has 0 spiro atoms. The molecule has 2 atom stereocenters. The Morgan fingerprint density at radius 3 is 2.88 bits per heavy atom. The predicted molar refractivity (Wildman–Crippen MR) is 99.9 cm³/mol. The molecule has 0 radical (unpaired) electrons. The molecule has 130 valence electrons. The van der Waals surface area contributed by atoms with Gasteiger partial charge in [-0.15, -0.1) is 24.2 Å². The summed E-state index contributed by atoms with van der Waals surface area (Å²) < 4.78 is 5.44. The summed E-state index contributed by atoms with van der Waals surface area (Å²) in [5, 5.41) is 6.50. The first kappa shape index (κ1) is 18.9. The third kappa shape index (κ3) is 5.03. The summed E-state index contributed by atoms with van der Waals surface area (Å²) in [6.07, 6.45) is 3.52. The van der Waals surface area contributed by atoms with E-state index in [0.717, 1.165) is 30.7 Å². The SMILES string of the molecule is CC1CC(NC(=O)c2occc2CSc2ccccc2)CCN1.Cl. The van der Waals surface area contributed by atoms with Crippen LogP contribution in [0.2, 0.25) is 0 Å². The second-order valence-electron chi connectivity index (χ2n) is 5.93. The molecule has 2 aromatic rings. The van der Waals surface area contributed by atoms with Gasteiger partial charge in [0.05, 0.1) is 6.26 Å². The van der Waals surface area contributed by atoms with Crippen molar-refractivity contribution in [1.82, 2.24) is 10.6 Å². The van der Waals surface area contributed by atoms with Gasteiger partial charge in [-0.2, -0.15) is 0 Å². The lowest BCUT2D eigenvalue weighted by Crippen LogP contribution is -2.46. The highest BCUT2D eigenvalue weighted by Crippen LogP contribution is 2.25. The van der Waals surface area contributed by atoms with E-state index in [-0.39, 0.29) is 24.4 Å². The van der Waals surface area contributed by atoms with Crippen LogP contribution in [-0.2, 0) is 5.75 Å². The Balaban J connectivity index is 0.00000208. The number of amides is 1. The molecule has 2 unspecified atom stereocenters. The van der Waals surface area contributed by atoms with Gasteiger partial charge in [0, 0.05) is 28.3 Å². The van der Waals surface area contributed by atoms with Crippen LogP contribution in [0, 0.1) is 0 Å². The van der Waals surface area contributed by atoms with Crippen LogP contribution in [0.15, 0.2) is 52.0 Å². The van der Waals surface area contributed by atoms with Crippen LogP contribution in [0.5, 0.6) is 0 Å². The number of benzene rings is 1. The Morgan fingerprint density at radius 1 is 1.33 bits per heavy atom. The first-order valence-electron chi connectivity index (χ1n) is 8.01. The first-order valence-corrected chi connectivity index (χ1v) is 8.99. The van der Waals surface area contributed by atoms with E-state index < -0.39 is 0 Å². The lowest BCUT2D eigenvalue weighted by atomic mass is 10.0. The number of piperidine rings is 1. The normalized spacial score (nSPS) is 20.2. The van der Waals surface area contributed by atoms with Crippen molar-refractivity contribution in [3.05, 3.63) is 54.0 Å². The molecule has 2 heterocycles. The summed E-state index contributed by atoms with van der Waals surface area (Å²) in [5.74, 6) is 1.07. The van der Waals surface area contributed by atoms with Crippen LogP contribution < -0.4 is 10.6 Å². The predicted octanol–water partition coefficient (Wildman–Crippen LogP) is 3.86. The van der Waals surface area contributed by atoms with Crippen molar-refractivity contribution in [3.8, 4) is 0 Å². The van der Waals surface area contributed by atoms with E-state index in [0.29, 0.717) is 11.8 Å². The van der Waals surface area contributed by atoms with Crippen LogP contribution in [0.25, 0.3) is 0 Å². The number of furan rings is 1. The lowest BCUT2D eigenvalue weighted by Gasteiger charge is -2.28. The van der Waals surface area contributed by atoms with E-state index in [4.69, 9.17) is 4.42 Å². The molecule has 0 aliphatic carbocycles. The molecule has 6 heteroatoms. The van der Waals surface area contributed by atoms with Crippen LogP contribution in [0.4, 0.5) is 0 Å². The largest absolute Gasteiger partial charge is 0.459 e. The fourth-order valence-corrected chi connectivity index (χ4v) is 3.74. The van der Waals surface area contributed by atoms with Gasteiger partial charge in [0.1, 0.15) is 0 Å². The minimum absolute atomic E-state index is 0. The molecule has 0 saturated carbocycles. The summed E-state index contributed by atoms with van der Waals surface area (Å²) in [5.41, 5.74) is 0.943. The molecule has 3 rings (SSSR count). The molecular weight excluding hydrogens is 344 g/mol. The van der Waals surface area contributed by atoms with Crippen molar-refractivity contribution in [2.75, 3.05) is 6.54 Å². The topological polar surface area (TPSA) is 54.3 Å². The van der Waals surface area contributed by atoms with Crippen molar-refractivity contribution in [2.24, 2.45) is 0 Å². The first-order chi connectivity index (χ1) is 11.2. The lowest BCUT2D eigenvalue weighted by molar-refractivity contribution is 0.0896. The third-order valence-corrected chi connectivity index (χ3v) is 5.11. The second-order valence-corrected chi connectivity index (χ2v) is 6.98. The maximum Gasteiger partial charge on any atom is 0.287 e. The Kier molecular flexibility index (Phi) is 7.21. The molecule has 1 aromatic carbocycles. The van der Waals surface area contributed by atoms with E-state index in [1.54, 1.807) is 18.0 Å². The molecule has 0 bridgehead atoms. The zero-order valence-electron chi connectivity index (χ0n) is 13.7. The van der Waals surface area contributed by atoms with Crippen molar-refractivity contribution in [3.63, 3.8) is 0 Å². The number of rotatable bonds is 5. The summed E-state index contributed by atoms with van der Waals surface area (Å²) >= 11 is 1.71. The maximum absolute atomic E-state index is 12.5. The molecule has 1 amide bonds. The number of nitrogens with one attached hydrogen (secondary N) is 2. The van der Waals surface area contributed by atoms with Crippen LogP contribution in [0.3, 0.4) is 0 Å². The summed E-state index contributed by atoms with van der Waals surface area (Å²) in [7, 11) is 0. The van der Waals surface area contributed by atoms with Crippen molar-refractivity contribution >= 4 is 30.1 Å². The van der Waals surface area contributed by atoms with Crippen LogP contribution >= 0.6 is 24.2 Å². The van der Waals surface area contributed by atoms with Crippen molar-refractivity contribution in [2.45, 2.75) is 42.5 Å². The fraction of sp³-hybridized carbons (Fsp3) is 0.389. The molecule has 1 aliphatic heterocycles. The molecule has 1 aromatic heterocycles. The zero-order chi connectivity index (χ0) is 16.1. The second kappa shape index (κ2) is 9.16. The van der Waals surface area contributed by atoms with Crippen molar-refractivity contribution < 1.29 is 9.21 Å². The van der Waals surface area contributed by atoms with E-state index in [1.165, 1.54) is 4.90 Å². The average Bonchev–Trinajstić information content (AvgIpc) is 3.02. The molecule has 2 N–H and O–H groups in total. The monoisotopic (exact) mass is 366 g/mol. The van der Waals surface area contributed by atoms with Crippen LogP contribution in [0.1, 0.15) is 35.9 Å². The van der Waals surface area contributed by atoms with E-state index in [2.05, 4.69) is 29.7 Å². The minimum atomic E-state index is -0.0993. The van der Waals surface area contributed by atoms with Gasteiger partial charge in [-0.3, -0.25) is 4.79 Å². The number of halogens is 1. The number of carbonyl (C=O) groups is 1. The van der Waals surface area contributed by atoms with Crippen LogP contribution in [-0.4, -0.2) is 24.5 Å². The van der Waals surface area contributed by atoms with Gasteiger partial charge in [0.2, 0.25) is 0 Å². The Hall–Kier alpha value is -1.43. The fourth-order valence-electron chi connectivity index (χ4n) is 2.84. The number of thioether (sulfide) groups is 1. The van der Waals surface area contributed by atoms with Gasteiger partial charge in [-0.25, -0.2) is 0 Å². The zero-order valence-corrected chi connectivity index (χ0v) is 15.3. The minimum Gasteiger partial charge on any atom is -0.459 e. The van der Waals surface area contributed by atoms with Gasteiger partial charge in [0.25, 0.3) is 5.91 Å². The van der Waals surface area contributed by atoms with Gasteiger partial charge in [-0.05, 0) is 44.5 Å². The highest BCUT2D eigenvalue weighted by Gasteiger charge is 2.23.